The maximum atomic E-state index is 13.9. The third-order valence-corrected chi connectivity index (χ3v) is 3.47. The zero-order valence-corrected chi connectivity index (χ0v) is 12.7. The summed E-state index contributed by atoms with van der Waals surface area (Å²) >= 11 is 3.35. The molecule has 0 radical (unpaired) electrons. The van der Waals surface area contributed by atoms with E-state index in [1.807, 2.05) is 24.3 Å². The molecule has 0 fully saturated rings. The molecule has 1 unspecified atom stereocenters. The monoisotopic (exact) mass is 338 g/mol. The molecule has 0 aliphatic heterocycles. The zero-order valence-electron chi connectivity index (χ0n) is 11.1. The second-order valence-corrected chi connectivity index (χ2v) is 5.25. The summed E-state index contributed by atoms with van der Waals surface area (Å²) in [6.07, 6.45) is 0. The normalized spacial score (nSPS) is 12.0. The van der Waals surface area contributed by atoms with Gasteiger partial charge in [0.25, 0.3) is 0 Å². The molecule has 5 heteroatoms. The minimum atomic E-state index is -0.306. The number of nitrogens with two attached hydrogens (primary N) is 1. The molecule has 1 atom stereocenters. The van der Waals surface area contributed by atoms with Crippen molar-refractivity contribution in [1.82, 2.24) is 0 Å². The van der Waals surface area contributed by atoms with Gasteiger partial charge in [0, 0.05) is 28.3 Å². The van der Waals surface area contributed by atoms with Gasteiger partial charge in [0.1, 0.15) is 11.6 Å². The van der Waals surface area contributed by atoms with Crippen LogP contribution < -0.4 is 15.8 Å². The number of methoxy groups -OCH3 is 1. The van der Waals surface area contributed by atoms with E-state index in [9.17, 15) is 4.39 Å². The standard InChI is InChI=1S/C15H16BrFN2O/c1-20-12-4-2-3-11(8-12)19-15(9-18)13-7-10(16)5-6-14(13)17/h2-8,15,19H,9,18H2,1H3. The lowest BCUT2D eigenvalue weighted by Crippen LogP contribution is -2.21. The first-order valence-electron chi connectivity index (χ1n) is 6.19. The van der Waals surface area contributed by atoms with Crippen molar-refractivity contribution in [3.05, 3.63) is 58.3 Å². The molecule has 0 spiro atoms. The highest BCUT2D eigenvalue weighted by Crippen LogP contribution is 2.26. The SMILES string of the molecule is COc1cccc(NC(CN)c2cc(Br)ccc2F)c1. The van der Waals surface area contributed by atoms with Crippen LogP contribution in [0.2, 0.25) is 0 Å². The van der Waals surface area contributed by atoms with Crippen molar-refractivity contribution in [2.75, 3.05) is 19.0 Å². The van der Waals surface area contributed by atoms with E-state index in [4.69, 9.17) is 10.5 Å². The lowest BCUT2D eigenvalue weighted by atomic mass is 10.1. The summed E-state index contributed by atoms with van der Waals surface area (Å²) in [5, 5.41) is 3.22. The van der Waals surface area contributed by atoms with Gasteiger partial charge in [0.05, 0.1) is 13.2 Å². The lowest BCUT2D eigenvalue weighted by molar-refractivity contribution is 0.415. The van der Waals surface area contributed by atoms with Gasteiger partial charge in [-0.1, -0.05) is 22.0 Å². The van der Waals surface area contributed by atoms with E-state index in [-0.39, 0.29) is 18.4 Å². The van der Waals surface area contributed by atoms with Crippen molar-refractivity contribution < 1.29 is 9.13 Å². The highest BCUT2D eigenvalue weighted by molar-refractivity contribution is 9.10. The van der Waals surface area contributed by atoms with E-state index in [0.717, 1.165) is 15.9 Å². The average molecular weight is 339 g/mol. The Morgan fingerprint density at radius 1 is 1.30 bits per heavy atom. The van der Waals surface area contributed by atoms with Gasteiger partial charge < -0.3 is 15.8 Å². The number of halogens is 2. The lowest BCUT2D eigenvalue weighted by Gasteiger charge is -2.20. The number of ether oxygens (including phenoxy) is 1. The molecule has 0 aliphatic carbocycles. The second-order valence-electron chi connectivity index (χ2n) is 4.33. The predicted molar refractivity (Wildman–Crippen MR) is 82.5 cm³/mol. The van der Waals surface area contributed by atoms with E-state index >= 15 is 0 Å². The number of hydrogen-bond acceptors (Lipinski definition) is 3. The van der Waals surface area contributed by atoms with E-state index in [1.165, 1.54) is 6.07 Å². The molecule has 106 valence electrons. The largest absolute Gasteiger partial charge is 0.497 e. The second kappa shape index (κ2) is 6.72. The Hall–Kier alpha value is -1.59. The number of hydrogen-bond donors (Lipinski definition) is 2. The fraction of sp³-hybridized carbons (Fsp3) is 0.200. The van der Waals surface area contributed by atoms with Crippen LogP contribution in [0.4, 0.5) is 10.1 Å². The molecule has 0 bridgehead atoms. The van der Waals surface area contributed by atoms with Crippen LogP contribution in [-0.4, -0.2) is 13.7 Å². The molecular formula is C15H16BrFN2O. The quantitative estimate of drug-likeness (QED) is 0.873. The van der Waals surface area contributed by atoms with Gasteiger partial charge in [-0.05, 0) is 30.3 Å². The van der Waals surface area contributed by atoms with E-state index in [1.54, 1.807) is 19.2 Å². The Bertz CT molecular complexity index is 592. The summed E-state index contributed by atoms with van der Waals surface area (Å²) in [6, 6.07) is 12.0. The third-order valence-electron chi connectivity index (χ3n) is 2.98. The van der Waals surface area contributed by atoms with E-state index < -0.39 is 0 Å². The zero-order chi connectivity index (χ0) is 14.5. The van der Waals surface area contributed by atoms with Gasteiger partial charge in [-0.25, -0.2) is 4.39 Å². The minimum absolute atomic E-state index is 0.279. The topological polar surface area (TPSA) is 47.3 Å². The fourth-order valence-corrected chi connectivity index (χ4v) is 2.34. The molecule has 2 aromatic rings. The molecule has 0 heterocycles. The van der Waals surface area contributed by atoms with Crippen molar-refractivity contribution >= 4 is 21.6 Å². The average Bonchev–Trinajstić information content (AvgIpc) is 2.47. The molecule has 0 aliphatic rings. The van der Waals surface area contributed by atoms with Crippen molar-refractivity contribution in [2.45, 2.75) is 6.04 Å². The fourth-order valence-electron chi connectivity index (χ4n) is 1.96. The minimum Gasteiger partial charge on any atom is -0.497 e. The number of anilines is 1. The molecule has 3 N–H and O–H groups in total. The summed E-state index contributed by atoms with van der Waals surface area (Å²) in [5.41, 5.74) is 7.13. The first kappa shape index (κ1) is 14.8. The summed E-state index contributed by atoms with van der Waals surface area (Å²) in [4.78, 5) is 0. The van der Waals surface area contributed by atoms with Crippen LogP contribution in [0, 0.1) is 5.82 Å². The highest BCUT2D eigenvalue weighted by Gasteiger charge is 2.15. The number of nitrogens with one attached hydrogen (secondary N) is 1. The Labute approximate surface area is 126 Å². The first-order valence-corrected chi connectivity index (χ1v) is 6.99. The van der Waals surface area contributed by atoms with Gasteiger partial charge in [0.2, 0.25) is 0 Å². The van der Waals surface area contributed by atoms with Gasteiger partial charge in [-0.2, -0.15) is 0 Å². The smallest absolute Gasteiger partial charge is 0.128 e. The molecule has 0 aromatic heterocycles. The van der Waals surface area contributed by atoms with Crippen LogP contribution in [0.5, 0.6) is 5.75 Å². The van der Waals surface area contributed by atoms with Crippen LogP contribution in [0.15, 0.2) is 46.9 Å². The first-order chi connectivity index (χ1) is 9.63. The number of benzene rings is 2. The molecule has 0 saturated carbocycles. The van der Waals surface area contributed by atoms with Crippen molar-refractivity contribution in [2.24, 2.45) is 5.73 Å². The van der Waals surface area contributed by atoms with Crippen LogP contribution in [-0.2, 0) is 0 Å². The van der Waals surface area contributed by atoms with Gasteiger partial charge in [-0.15, -0.1) is 0 Å². The molecular weight excluding hydrogens is 323 g/mol. The predicted octanol–water partition coefficient (Wildman–Crippen LogP) is 3.71. The Morgan fingerprint density at radius 2 is 2.10 bits per heavy atom. The Kier molecular flexibility index (Phi) is 4.98. The van der Waals surface area contributed by atoms with E-state index in [0.29, 0.717) is 5.56 Å². The van der Waals surface area contributed by atoms with Crippen LogP contribution >= 0.6 is 15.9 Å². The van der Waals surface area contributed by atoms with Crippen LogP contribution in [0.3, 0.4) is 0 Å². The molecule has 0 saturated heterocycles. The molecule has 2 rings (SSSR count). The van der Waals surface area contributed by atoms with Crippen LogP contribution in [0.1, 0.15) is 11.6 Å². The van der Waals surface area contributed by atoms with Crippen molar-refractivity contribution in [1.29, 1.82) is 0 Å². The van der Waals surface area contributed by atoms with Gasteiger partial charge in [-0.3, -0.25) is 0 Å². The van der Waals surface area contributed by atoms with E-state index in [2.05, 4.69) is 21.2 Å². The molecule has 0 amide bonds. The summed E-state index contributed by atoms with van der Waals surface area (Å²) in [7, 11) is 1.60. The highest BCUT2D eigenvalue weighted by atomic mass is 79.9. The maximum absolute atomic E-state index is 13.9. The van der Waals surface area contributed by atoms with Gasteiger partial charge in [0.15, 0.2) is 0 Å². The summed E-state index contributed by atoms with van der Waals surface area (Å²) in [5.74, 6) is 0.458. The van der Waals surface area contributed by atoms with Crippen molar-refractivity contribution in [3.8, 4) is 5.75 Å². The summed E-state index contributed by atoms with van der Waals surface area (Å²) < 4.78 is 19.9. The molecule has 2 aromatic carbocycles. The Balaban J connectivity index is 2.26. The summed E-state index contributed by atoms with van der Waals surface area (Å²) in [6.45, 7) is 0.282. The number of rotatable bonds is 5. The molecule has 3 nitrogen and oxygen atoms in total. The maximum Gasteiger partial charge on any atom is 0.128 e. The van der Waals surface area contributed by atoms with Gasteiger partial charge >= 0.3 is 0 Å². The molecule has 20 heavy (non-hydrogen) atoms. The Morgan fingerprint density at radius 3 is 2.80 bits per heavy atom. The van der Waals surface area contributed by atoms with Crippen molar-refractivity contribution in [3.63, 3.8) is 0 Å². The van der Waals surface area contributed by atoms with Crippen LogP contribution in [0.25, 0.3) is 0 Å². The third kappa shape index (κ3) is 3.49.